The summed E-state index contributed by atoms with van der Waals surface area (Å²) in [6.07, 6.45) is 0.855. The van der Waals surface area contributed by atoms with Crippen LogP contribution in [0.1, 0.15) is 0 Å². The highest BCUT2D eigenvalue weighted by Gasteiger charge is 2.06. The van der Waals surface area contributed by atoms with Crippen LogP contribution < -0.4 is 0 Å². The van der Waals surface area contributed by atoms with Crippen molar-refractivity contribution in [3.8, 4) is 0 Å². The van der Waals surface area contributed by atoms with Crippen LogP contribution in [0.15, 0.2) is 12.3 Å². The average Bonchev–Trinajstić information content (AvgIpc) is 1.83. The van der Waals surface area contributed by atoms with Gasteiger partial charge in [0.25, 0.3) is 5.95 Å². The van der Waals surface area contributed by atoms with Crippen LogP contribution in [0.2, 0.25) is 0 Å². The summed E-state index contributed by atoms with van der Waals surface area (Å²) in [5.74, 6) is -4.16. The molecule has 1 nitrogen and oxygen atoms in total. The van der Waals surface area contributed by atoms with E-state index >= 15 is 0 Å². The SMILES string of the molecule is Fc1ccnc(F)c1F.[B]. The summed E-state index contributed by atoms with van der Waals surface area (Å²) in [7, 11) is 0. The van der Waals surface area contributed by atoms with E-state index in [-0.39, 0.29) is 8.41 Å². The second-order valence-corrected chi connectivity index (χ2v) is 1.40. The van der Waals surface area contributed by atoms with Crippen LogP contribution in [-0.4, -0.2) is 13.4 Å². The number of aromatic nitrogens is 1. The van der Waals surface area contributed by atoms with Crippen molar-refractivity contribution in [1.29, 1.82) is 0 Å². The molecule has 0 aliphatic rings. The van der Waals surface area contributed by atoms with Gasteiger partial charge in [0.15, 0.2) is 5.82 Å². The monoisotopic (exact) mass is 144 g/mol. The third kappa shape index (κ3) is 1.49. The first-order chi connectivity index (χ1) is 4.22. The summed E-state index contributed by atoms with van der Waals surface area (Å²) in [5, 5.41) is 0. The molecule has 0 saturated heterocycles. The molecule has 0 bridgehead atoms. The van der Waals surface area contributed by atoms with E-state index in [1.807, 2.05) is 0 Å². The molecule has 1 rings (SSSR count). The van der Waals surface area contributed by atoms with E-state index in [9.17, 15) is 13.2 Å². The summed E-state index contributed by atoms with van der Waals surface area (Å²) in [5.41, 5.74) is 0. The van der Waals surface area contributed by atoms with Gasteiger partial charge in [0.05, 0.1) is 0 Å². The van der Waals surface area contributed by atoms with Crippen LogP contribution in [0.5, 0.6) is 0 Å². The number of hydrogen-bond acceptors (Lipinski definition) is 1. The Morgan fingerprint density at radius 1 is 1.20 bits per heavy atom. The molecule has 3 radical (unpaired) electrons. The fourth-order valence-electron chi connectivity index (χ4n) is 0.397. The molecule has 5 heteroatoms. The first-order valence-electron chi connectivity index (χ1n) is 2.17. The quantitative estimate of drug-likeness (QED) is 0.392. The number of hydrogen-bond donors (Lipinski definition) is 0. The van der Waals surface area contributed by atoms with Crippen LogP contribution in [0.3, 0.4) is 0 Å². The van der Waals surface area contributed by atoms with Crippen molar-refractivity contribution in [2.24, 2.45) is 0 Å². The fraction of sp³-hybridized carbons (Fsp3) is 0. The molecule has 0 unspecified atom stereocenters. The third-order valence-electron chi connectivity index (χ3n) is 0.800. The predicted molar refractivity (Wildman–Crippen MR) is 29.9 cm³/mol. The Hall–Kier alpha value is -0.995. The van der Waals surface area contributed by atoms with Gasteiger partial charge < -0.3 is 0 Å². The molecular formula is C5H2BF3N. The zero-order valence-corrected chi connectivity index (χ0v) is 4.81. The number of nitrogens with zero attached hydrogens (tertiary/aromatic N) is 1. The Bertz CT molecular complexity index is 208. The van der Waals surface area contributed by atoms with Gasteiger partial charge in [0.2, 0.25) is 5.82 Å². The van der Waals surface area contributed by atoms with Crippen LogP contribution in [-0.2, 0) is 0 Å². The molecule has 51 valence electrons. The lowest BCUT2D eigenvalue weighted by Gasteiger charge is -1.89. The maximum Gasteiger partial charge on any atom is 0.251 e. The standard InChI is InChI=1S/C5H2F3N.B/c6-3-1-2-9-5(8)4(3)7;/h1-2H;. The summed E-state index contributed by atoms with van der Waals surface area (Å²) in [6, 6.07) is 0.748. The molecule has 1 aromatic rings. The van der Waals surface area contributed by atoms with E-state index < -0.39 is 17.6 Å². The second kappa shape index (κ2) is 3.24. The fourth-order valence-corrected chi connectivity index (χ4v) is 0.397. The molecule has 0 fully saturated rings. The van der Waals surface area contributed by atoms with Crippen LogP contribution >= 0.6 is 0 Å². The van der Waals surface area contributed by atoms with Gasteiger partial charge in [-0.05, 0) is 6.07 Å². The van der Waals surface area contributed by atoms with Crippen molar-refractivity contribution < 1.29 is 13.2 Å². The molecule has 10 heavy (non-hydrogen) atoms. The summed E-state index contributed by atoms with van der Waals surface area (Å²) in [4.78, 5) is 2.86. The Labute approximate surface area is 57.5 Å². The third-order valence-corrected chi connectivity index (χ3v) is 0.800. The van der Waals surface area contributed by atoms with E-state index in [4.69, 9.17) is 0 Å². The van der Waals surface area contributed by atoms with Gasteiger partial charge in [-0.15, -0.1) is 0 Å². The first-order valence-corrected chi connectivity index (χ1v) is 2.17. The minimum Gasteiger partial charge on any atom is -0.226 e. The minimum absolute atomic E-state index is 0. The van der Waals surface area contributed by atoms with Crippen molar-refractivity contribution in [2.75, 3.05) is 0 Å². The van der Waals surface area contributed by atoms with Gasteiger partial charge >= 0.3 is 0 Å². The topological polar surface area (TPSA) is 12.9 Å². The molecule has 0 amide bonds. The predicted octanol–water partition coefficient (Wildman–Crippen LogP) is 1.12. The molecule has 0 saturated carbocycles. The summed E-state index contributed by atoms with van der Waals surface area (Å²) in [6.45, 7) is 0. The smallest absolute Gasteiger partial charge is 0.226 e. The molecule has 0 aliphatic heterocycles. The first kappa shape index (κ1) is 9.00. The van der Waals surface area contributed by atoms with Crippen molar-refractivity contribution in [2.45, 2.75) is 0 Å². The molecule has 0 N–H and O–H groups in total. The van der Waals surface area contributed by atoms with Crippen molar-refractivity contribution in [1.82, 2.24) is 4.98 Å². The molecule has 0 aliphatic carbocycles. The van der Waals surface area contributed by atoms with E-state index in [1.54, 1.807) is 0 Å². The molecule has 1 aromatic heterocycles. The highest BCUT2D eigenvalue weighted by atomic mass is 19.2. The number of rotatable bonds is 0. The van der Waals surface area contributed by atoms with Crippen molar-refractivity contribution >= 4 is 8.41 Å². The van der Waals surface area contributed by atoms with Crippen LogP contribution in [0.4, 0.5) is 13.2 Å². The number of halogens is 3. The number of pyridine rings is 1. The van der Waals surface area contributed by atoms with E-state index in [0.717, 1.165) is 12.3 Å². The lowest BCUT2D eigenvalue weighted by molar-refractivity contribution is 0.427. The van der Waals surface area contributed by atoms with Crippen LogP contribution in [0.25, 0.3) is 0 Å². The largest absolute Gasteiger partial charge is 0.251 e. The van der Waals surface area contributed by atoms with E-state index in [0.29, 0.717) is 0 Å². The Kier molecular flexibility index (Phi) is 2.92. The van der Waals surface area contributed by atoms with E-state index in [1.165, 1.54) is 0 Å². The van der Waals surface area contributed by atoms with Crippen molar-refractivity contribution in [3.05, 3.63) is 29.8 Å². The average molecular weight is 144 g/mol. The zero-order chi connectivity index (χ0) is 6.85. The Balaban J connectivity index is 0.000000810. The van der Waals surface area contributed by atoms with E-state index in [2.05, 4.69) is 4.98 Å². The Morgan fingerprint density at radius 2 is 1.80 bits per heavy atom. The normalized spacial score (nSPS) is 8.70. The maximum atomic E-state index is 11.9. The zero-order valence-electron chi connectivity index (χ0n) is 4.81. The van der Waals surface area contributed by atoms with Crippen LogP contribution in [0, 0.1) is 17.6 Å². The lowest BCUT2D eigenvalue weighted by Crippen LogP contribution is -1.91. The van der Waals surface area contributed by atoms with Gasteiger partial charge in [-0.1, -0.05) is 0 Å². The van der Waals surface area contributed by atoms with Gasteiger partial charge in [-0.2, -0.15) is 8.78 Å². The van der Waals surface area contributed by atoms with Gasteiger partial charge in [0.1, 0.15) is 0 Å². The van der Waals surface area contributed by atoms with Gasteiger partial charge in [-0.3, -0.25) is 0 Å². The molecule has 0 atom stereocenters. The Morgan fingerprint density at radius 3 is 2.20 bits per heavy atom. The maximum absolute atomic E-state index is 11.9. The lowest BCUT2D eigenvalue weighted by atomic mass is 10.4. The second-order valence-electron chi connectivity index (χ2n) is 1.40. The summed E-state index contributed by atoms with van der Waals surface area (Å²) >= 11 is 0. The highest BCUT2D eigenvalue weighted by Crippen LogP contribution is 2.04. The minimum atomic E-state index is -1.53. The van der Waals surface area contributed by atoms with Gasteiger partial charge in [-0.25, -0.2) is 9.37 Å². The molecular weight excluding hydrogens is 142 g/mol. The summed E-state index contributed by atoms with van der Waals surface area (Å²) < 4.78 is 35.7. The molecule has 0 aromatic carbocycles. The van der Waals surface area contributed by atoms with Crippen molar-refractivity contribution in [3.63, 3.8) is 0 Å². The molecule has 1 heterocycles. The van der Waals surface area contributed by atoms with Gasteiger partial charge in [0, 0.05) is 14.6 Å². The molecule has 0 spiro atoms. The highest BCUT2D eigenvalue weighted by molar-refractivity contribution is 5.75.